The van der Waals surface area contributed by atoms with Crippen molar-refractivity contribution in [2.45, 2.75) is 12.5 Å². The first-order valence-electron chi connectivity index (χ1n) is 10.3. The number of benzene rings is 2. The van der Waals surface area contributed by atoms with Crippen molar-refractivity contribution >= 4 is 29.1 Å². The lowest BCUT2D eigenvalue weighted by atomic mass is 9.93. The van der Waals surface area contributed by atoms with Gasteiger partial charge in [-0.3, -0.25) is 14.7 Å². The molecule has 3 N–H and O–H groups in total. The van der Waals surface area contributed by atoms with Gasteiger partial charge < -0.3 is 11.1 Å². The van der Waals surface area contributed by atoms with Crippen LogP contribution in [-0.4, -0.2) is 42.0 Å². The van der Waals surface area contributed by atoms with Crippen LogP contribution in [0.4, 0.5) is 0 Å². The number of piperazine rings is 1. The summed E-state index contributed by atoms with van der Waals surface area (Å²) in [5.74, 6) is -1.38. The average molecular weight is 455 g/mol. The predicted molar refractivity (Wildman–Crippen MR) is 125 cm³/mol. The second-order valence-electron chi connectivity index (χ2n) is 7.60. The van der Waals surface area contributed by atoms with Crippen molar-refractivity contribution < 1.29 is 4.79 Å². The number of hydrogen-bond acceptors (Lipinski definition) is 4. The molecular formula is C24H24Cl2N4O. The Morgan fingerprint density at radius 3 is 2.39 bits per heavy atom. The third-order valence-corrected chi connectivity index (χ3v) is 6.20. The van der Waals surface area contributed by atoms with Crippen LogP contribution in [0.1, 0.15) is 22.7 Å². The monoisotopic (exact) mass is 454 g/mol. The number of aromatic nitrogens is 1. The minimum Gasteiger partial charge on any atom is -0.369 e. The van der Waals surface area contributed by atoms with E-state index in [4.69, 9.17) is 33.9 Å². The fraction of sp³-hybridized carbons (Fsp3) is 0.250. The zero-order valence-electron chi connectivity index (χ0n) is 17.0. The maximum Gasteiger partial charge on any atom is 0.231 e. The SMILES string of the molecule is NC(=O)C(c1cccc(-c2ccccc2CN2CCNCC2)n1)c1c(Cl)cccc1Cl. The van der Waals surface area contributed by atoms with E-state index in [1.165, 1.54) is 5.56 Å². The molecule has 1 fully saturated rings. The Morgan fingerprint density at radius 1 is 1.00 bits per heavy atom. The number of carbonyl (C=O) groups is 1. The standard InChI is InChI=1S/C24H24Cl2N4O/c25-18-7-3-8-19(26)22(18)23(24(27)31)21-10-4-9-20(29-21)17-6-2-1-5-16(17)15-30-13-11-28-12-14-30/h1-10,23,28H,11-15H2,(H2,27,31). The zero-order chi connectivity index (χ0) is 21.8. The topological polar surface area (TPSA) is 71.2 Å². The van der Waals surface area contributed by atoms with Crippen LogP contribution < -0.4 is 11.1 Å². The van der Waals surface area contributed by atoms with E-state index in [2.05, 4.69) is 22.3 Å². The molecule has 7 heteroatoms. The number of nitrogens with one attached hydrogen (secondary N) is 1. The molecule has 160 valence electrons. The molecule has 0 aliphatic carbocycles. The fourth-order valence-corrected chi connectivity index (χ4v) is 4.62. The molecule has 31 heavy (non-hydrogen) atoms. The Labute approximate surface area is 192 Å². The third kappa shape index (κ3) is 4.91. The van der Waals surface area contributed by atoms with Crippen LogP contribution in [0.5, 0.6) is 0 Å². The molecule has 2 aromatic carbocycles. The predicted octanol–water partition coefficient (Wildman–Crippen LogP) is 4.08. The summed E-state index contributed by atoms with van der Waals surface area (Å²) in [6, 6.07) is 19.0. The average Bonchev–Trinajstić information content (AvgIpc) is 2.77. The van der Waals surface area contributed by atoms with Crippen molar-refractivity contribution in [2.75, 3.05) is 26.2 Å². The number of pyridine rings is 1. The highest BCUT2D eigenvalue weighted by atomic mass is 35.5. The van der Waals surface area contributed by atoms with E-state index in [9.17, 15) is 4.79 Å². The highest BCUT2D eigenvalue weighted by molar-refractivity contribution is 6.36. The Balaban J connectivity index is 1.72. The summed E-state index contributed by atoms with van der Waals surface area (Å²) >= 11 is 12.8. The molecule has 1 aromatic heterocycles. The second-order valence-corrected chi connectivity index (χ2v) is 8.42. The Bertz CT molecular complexity index is 1060. The zero-order valence-corrected chi connectivity index (χ0v) is 18.5. The molecule has 1 aliphatic rings. The van der Waals surface area contributed by atoms with Crippen LogP contribution in [0, 0.1) is 0 Å². The Morgan fingerprint density at radius 2 is 1.68 bits per heavy atom. The van der Waals surface area contributed by atoms with Crippen LogP contribution >= 0.6 is 23.2 Å². The molecular weight excluding hydrogens is 431 g/mol. The first-order valence-corrected chi connectivity index (χ1v) is 11.0. The van der Waals surface area contributed by atoms with Crippen LogP contribution in [0.25, 0.3) is 11.3 Å². The summed E-state index contributed by atoms with van der Waals surface area (Å²) in [4.78, 5) is 19.7. The molecule has 5 nitrogen and oxygen atoms in total. The molecule has 4 rings (SSSR count). The van der Waals surface area contributed by atoms with Crippen molar-refractivity contribution in [1.82, 2.24) is 15.2 Å². The Hall–Kier alpha value is -2.44. The van der Waals surface area contributed by atoms with Crippen molar-refractivity contribution in [3.63, 3.8) is 0 Å². The Kier molecular flexibility index (Phi) is 6.88. The molecule has 0 radical (unpaired) electrons. The summed E-state index contributed by atoms with van der Waals surface area (Å²) in [5, 5.41) is 4.17. The number of rotatable bonds is 6. The molecule has 1 atom stereocenters. The maximum absolute atomic E-state index is 12.4. The van der Waals surface area contributed by atoms with Gasteiger partial charge in [-0.1, -0.05) is 59.6 Å². The van der Waals surface area contributed by atoms with Gasteiger partial charge in [-0.25, -0.2) is 0 Å². The fourth-order valence-electron chi connectivity index (χ4n) is 4.00. The minimum atomic E-state index is -0.832. The summed E-state index contributed by atoms with van der Waals surface area (Å²) in [5.41, 5.74) is 9.80. The van der Waals surface area contributed by atoms with Crippen LogP contribution in [-0.2, 0) is 11.3 Å². The first kappa shape index (κ1) is 21.8. The highest BCUT2D eigenvalue weighted by Crippen LogP contribution is 2.36. The largest absolute Gasteiger partial charge is 0.369 e. The number of nitrogens with zero attached hydrogens (tertiary/aromatic N) is 2. The van der Waals surface area contributed by atoms with Gasteiger partial charge in [-0.2, -0.15) is 0 Å². The molecule has 1 aliphatic heterocycles. The number of primary amides is 1. The molecule has 1 unspecified atom stereocenters. The van der Waals surface area contributed by atoms with Crippen LogP contribution in [0.15, 0.2) is 60.7 Å². The van der Waals surface area contributed by atoms with Gasteiger partial charge in [-0.15, -0.1) is 0 Å². The lowest BCUT2D eigenvalue weighted by Crippen LogP contribution is -2.42. The lowest BCUT2D eigenvalue weighted by Gasteiger charge is -2.28. The summed E-state index contributed by atoms with van der Waals surface area (Å²) in [6.07, 6.45) is 0. The van der Waals surface area contributed by atoms with Crippen LogP contribution in [0.3, 0.4) is 0 Å². The van der Waals surface area contributed by atoms with E-state index in [0.29, 0.717) is 21.3 Å². The van der Waals surface area contributed by atoms with E-state index in [1.54, 1.807) is 24.3 Å². The van der Waals surface area contributed by atoms with Gasteiger partial charge in [-0.05, 0) is 29.8 Å². The highest BCUT2D eigenvalue weighted by Gasteiger charge is 2.27. The van der Waals surface area contributed by atoms with Gasteiger partial charge in [0.05, 0.1) is 11.4 Å². The molecule has 0 saturated carbocycles. The normalized spacial score (nSPS) is 15.5. The first-order chi connectivity index (χ1) is 15.0. The van der Waals surface area contributed by atoms with Crippen molar-refractivity contribution in [2.24, 2.45) is 5.73 Å². The van der Waals surface area contributed by atoms with E-state index >= 15 is 0 Å². The van der Waals surface area contributed by atoms with E-state index in [0.717, 1.165) is 44.0 Å². The number of halogens is 2. The van der Waals surface area contributed by atoms with Crippen molar-refractivity contribution in [3.05, 3.63) is 87.5 Å². The van der Waals surface area contributed by atoms with E-state index in [-0.39, 0.29) is 0 Å². The summed E-state index contributed by atoms with van der Waals surface area (Å²) in [7, 11) is 0. The number of nitrogens with two attached hydrogens (primary N) is 1. The second kappa shape index (κ2) is 9.79. The molecule has 1 amide bonds. The third-order valence-electron chi connectivity index (χ3n) is 5.54. The quantitative estimate of drug-likeness (QED) is 0.588. The van der Waals surface area contributed by atoms with Gasteiger partial charge >= 0.3 is 0 Å². The van der Waals surface area contributed by atoms with Gasteiger partial charge in [0.2, 0.25) is 5.91 Å². The summed E-state index contributed by atoms with van der Waals surface area (Å²) < 4.78 is 0. The number of carbonyl (C=O) groups excluding carboxylic acids is 1. The molecule has 2 heterocycles. The van der Waals surface area contributed by atoms with Crippen LogP contribution in [0.2, 0.25) is 10.0 Å². The number of hydrogen-bond donors (Lipinski definition) is 2. The van der Waals surface area contributed by atoms with E-state index < -0.39 is 11.8 Å². The van der Waals surface area contributed by atoms with E-state index in [1.807, 2.05) is 24.3 Å². The minimum absolute atomic E-state index is 0.391. The maximum atomic E-state index is 12.4. The molecule has 3 aromatic rings. The van der Waals surface area contributed by atoms with Crippen molar-refractivity contribution in [1.29, 1.82) is 0 Å². The summed E-state index contributed by atoms with van der Waals surface area (Å²) in [6.45, 7) is 4.86. The van der Waals surface area contributed by atoms with Crippen molar-refractivity contribution in [3.8, 4) is 11.3 Å². The van der Waals surface area contributed by atoms with Gasteiger partial charge in [0.25, 0.3) is 0 Å². The lowest BCUT2D eigenvalue weighted by molar-refractivity contribution is -0.118. The van der Waals surface area contributed by atoms with Gasteiger partial charge in [0.15, 0.2) is 0 Å². The van der Waals surface area contributed by atoms with Gasteiger partial charge in [0.1, 0.15) is 5.92 Å². The smallest absolute Gasteiger partial charge is 0.231 e. The van der Waals surface area contributed by atoms with Gasteiger partial charge in [0, 0.05) is 53.9 Å². The molecule has 1 saturated heterocycles. The number of amides is 1. The molecule has 0 spiro atoms. The molecule has 0 bridgehead atoms.